The number of anilines is 1. The minimum Gasteiger partial charge on any atom is -0.383 e. The van der Waals surface area contributed by atoms with Crippen LogP contribution in [0.5, 0.6) is 0 Å². The first-order chi connectivity index (χ1) is 9.40. The van der Waals surface area contributed by atoms with E-state index in [4.69, 9.17) is 10.5 Å². The molecule has 0 radical (unpaired) electrons. The summed E-state index contributed by atoms with van der Waals surface area (Å²) in [6.45, 7) is 4.68. The van der Waals surface area contributed by atoms with Crippen molar-refractivity contribution < 1.29 is 13.2 Å². The van der Waals surface area contributed by atoms with Crippen molar-refractivity contribution >= 4 is 15.8 Å². The van der Waals surface area contributed by atoms with Crippen molar-refractivity contribution in [2.24, 2.45) is 0 Å². The normalized spacial score (nSPS) is 12.2. The predicted octanol–water partition coefficient (Wildman–Crippen LogP) is -0.658. The third-order valence-electron chi connectivity index (χ3n) is 2.83. The minimum absolute atomic E-state index is 0.0205. The Morgan fingerprint density at radius 1 is 1.50 bits per heavy atom. The number of sulfonamides is 1. The maximum Gasteiger partial charge on any atom is 0.245 e. The molecule has 0 bridgehead atoms. The van der Waals surface area contributed by atoms with Gasteiger partial charge in [0.15, 0.2) is 5.82 Å². The Balaban J connectivity index is 2.55. The highest BCUT2D eigenvalue weighted by Crippen LogP contribution is 2.15. The quantitative estimate of drug-likeness (QED) is 0.628. The molecule has 8 nitrogen and oxygen atoms in total. The van der Waals surface area contributed by atoms with E-state index in [1.165, 1.54) is 10.9 Å². The molecule has 0 spiro atoms. The maximum absolute atomic E-state index is 12.1. The molecule has 0 unspecified atom stereocenters. The zero-order chi connectivity index (χ0) is 15.2. The van der Waals surface area contributed by atoms with Crippen molar-refractivity contribution in [3.8, 4) is 0 Å². The zero-order valence-corrected chi connectivity index (χ0v) is 13.0. The van der Waals surface area contributed by atoms with E-state index in [1.807, 2.05) is 18.9 Å². The van der Waals surface area contributed by atoms with Gasteiger partial charge in [-0.25, -0.2) is 13.1 Å². The Labute approximate surface area is 119 Å². The van der Waals surface area contributed by atoms with E-state index in [0.29, 0.717) is 26.2 Å². The highest BCUT2D eigenvalue weighted by Gasteiger charge is 2.20. The number of aryl methyl sites for hydroxylation is 1. The van der Waals surface area contributed by atoms with Crippen LogP contribution in [0.4, 0.5) is 5.82 Å². The summed E-state index contributed by atoms with van der Waals surface area (Å²) in [6, 6.07) is 0. The molecule has 20 heavy (non-hydrogen) atoms. The number of nitrogens with two attached hydrogens (primary N) is 1. The van der Waals surface area contributed by atoms with Gasteiger partial charge in [-0.2, -0.15) is 5.10 Å². The molecule has 0 saturated carbocycles. The van der Waals surface area contributed by atoms with Crippen molar-refractivity contribution in [2.75, 3.05) is 46.1 Å². The van der Waals surface area contributed by atoms with E-state index in [2.05, 4.69) is 9.82 Å². The van der Waals surface area contributed by atoms with Gasteiger partial charge in [-0.05, 0) is 14.0 Å². The van der Waals surface area contributed by atoms with E-state index in [9.17, 15) is 8.42 Å². The standard InChI is InChI=1S/C11H23N5O3S/c1-4-16-9-10(11(12)14-16)20(17,18)13-5-6-15(2)7-8-19-3/h9,13H,4-8H2,1-3H3,(H2,12,14). The van der Waals surface area contributed by atoms with Crippen LogP contribution in [0.2, 0.25) is 0 Å². The van der Waals surface area contributed by atoms with Gasteiger partial charge in [-0.1, -0.05) is 0 Å². The number of nitrogens with zero attached hydrogens (tertiary/aromatic N) is 3. The van der Waals surface area contributed by atoms with Crippen molar-refractivity contribution in [3.05, 3.63) is 6.20 Å². The summed E-state index contributed by atoms with van der Waals surface area (Å²) < 4.78 is 33.1. The van der Waals surface area contributed by atoms with Gasteiger partial charge in [0.2, 0.25) is 10.0 Å². The molecule has 0 saturated heterocycles. The molecule has 0 fully saturated rings. The minimum atomic E-state index is -3.61. The Morgan fingerprint density at radius 3 is 2.75 bits per heavy atom. The van der Waals surface area contributed by atoms with E-state index in [-0.39, 0.29) is 10.7 Å². The molecular weight excluding hydrogens is 282 g/mol. The van der Waals surface area contributed by atoms with Crippen LogP contribution in [0.25, 0.3) is 0 Å². The molecule has 1 rings (SSSR count). The second-order valence-electron chi connectivity index (χ2n) is 4.43. The van der Waals surface area contributed by atoms with Crippen LogP contribution < -0.4 is 10.5 Å². The molecule has 0 aliphatic heterocycles. The second-order valence-corrected chi connectivity index (χ2v) is 6.16. The summed E-state index contributed by atoms with van der Waals surface area (Å²) >= 11 is 0. The molecular formula is C11H23N5O3S. The fourth-order valence-electron chi connectivity index (χ4n) is 1.59. The number of aromatic nitrogens is 2. The fourth-order valence-corrected chi connectivity index (χ4v) is 2.69. The Kier molecular flexibility index (Phi) is 6.40. The number of methoxy groups -OCH3 is 1. The van der Waals surface area contributed by atoms with Crippen LogP contribution >= 0.6 is 0 Å². The fraction of sp³-hybridized carbons (Fsp3) is 0.727. The highest BCUT2D eigenvalue weighted by molar-refractivity contribution is 7.89. The first kappa shape index (κ1) is 16.9. The highest BCUT2D eigenvalue weighted by atomic mass is 32.2. The Bertz CT molecular complexity index is 514. The molecule has 0 atom stereocenters. The van der Waals surface area contributed by atoms with E-state index < -0.39 is 10.0 Å². The summed E-state index contributed by atoms with van der Waals surface area (Å²) in [5, 5.41) is 3.93. The number of hydrogen-bond acceptors (Lipinski definition) is 6. The summed E-state index contributed by atoms with van der Waals surface area (Å²) in [4.78, 5) is 2.00. The van der Waals surface area contributed by atoms with Crippen LogP contribution in [0.3, 0.4) is 0 Å². The number of nitrogens with one attached hydrogen (secondary N) is 1. The lowest BCUT2D eigenvalue weighted by atomic mass is 10.5. The maximum atomic E-state index is 12.1. The topological polar surface area (TPSA) is 102 Å². The summed E-state index contributed by atoms with van der Waals surface area (Å²) in [7, 11) is -0.0834. The van der Waals surface area contributed by atoms with Crippen molar-refractivity contribution in [2.45, 2.75) is 18.4 Å². The van der Waals surface area contributed by atoms with E-state index in [1.54, 1.807) is 7.11 Å². The molecule has 1 aromatic rings. The summed E-state index contributed by atoms with van der Waals surface area (Å²) in [5.41, 5.74) is 5.62. The molecule has 1 heterocycles. The number of hydrogen-bond donors (Lipinski definition) is 2. The number of ether oxygens (including phenoxy) is 1. The molecule has 116 valence electrons. The van der Waals surface area contributed by atoms with Gasteiger partial charge < -0.3 is 15.4 Å². The van der Waals surface area contributed by atoms with Gasteiger partial charge in [0, 0.05) is 39.5 Å². The van der Waals surface area contributed by atoms with E-state index in [0.717, 1.165) is 6.54 Å². The first-order valence-electron chi connectivity index (χ1n) is 6.40. The van der Waals surface area contributed by atoms with Gasteiger partial charge in [0.25, 0.3) is 0 Å². The van der Waals surface area contributed by atoms with Gasteiger partial charge in [-0.3, -0.25) is 4.68 Å². The second kappa shape index (κ2) is 7.58. The van der Waals surface area contributed by atoms with Crippen LogP contribution in [-0.2, 0) is 21.3 Å². The summed E-state index contributed by atoms with van der Waals surface area (Å²) in [5.74, 6) is 0.0205. The van der Waals surface area contributed by atoms with Gasteiger partial charge in [0.05, 0.1) is 6.61 Å². The van der Waals surface area contributed by atoms with Crippen molar-refractivity contribution in [1.82, 2.24) is 19.4 Å². The third kappa shape index (κ3) is 4.75. The summed E-state index contributed by atoms with van der Waals surface area (Å²) in [6.07, 6.45) is 1.44. The largest absolute Gasteiger partial charge is 0.383 e. The third-order valence-corrected chi connectivity index (χ3v) is 4.31. The van der Waals surface area contributed by atoms with Crippen LogP contribution in [0, 0.1) is 0 Å². The van der Waals surface area contributed by atoms with Gasteiger partial charge in [-0.15, -0.1) is 0 Å². The molecule has 1 aromatic heterocycles. The predicted molar refractivity (Wildman–Crippen MR) is 76.9 cm³/mol. The molecule has 0 aliphatic rings. The van der Waals surface area contributed by atoms with Crippen LogP contribution in [-0.4, -0.2) is 63.5 Å². The first-order valence-corrected chi connectivity index (χ1v) is 7.89. The average molecular weight is 305 g/mol. The number of rotatable bonds is 9. The van der Waals surface area contributed by atoms with Crippen LogP contribution in [0.1, 0.15) is 6.92 Å². The zero-order valence-electron chi connectivity index (χ0n) is 12.2. The number of nitrogen functional groups attached to an aromatic ring is 1. The lowest BCUT2D eigenvalue weighted by Crippen LogP contribution is -2.34. The lowest BCUT2D eigenvalue weighted by molar-refractivity contribution is 0.162. The lowest BCUT2D eigenvalue weighted by Gasteiger charge is -2.16. The molecule has 3 N–H and O–H groups in total. The molecule has 9 heteroatoms. The SMILES string of the molecule is CCn1cc(S(=O)(=O)NCCN(C)CCOC)c(N)n1. The van der Waals surface area contributed by atoms with Crippen molar-refractivity contribution in [3.63, 3.8) is 0 Å². The molecule has 0 amide bonds. The molecule has 0 aromatic carbocycles. The van der Waals surface area contributed by atoms with Gasteiger partial charge >= 0.3 is 0 Å². The smallest absolute Gasteiger partial charge is 0.245 e. The Hall–Kier alpha value is -1.16. The van der Waals surface area contributed by atoms with Gasteiger partial charge in [0.1, 0.15) is 4.90 Å². The van der Waals surface area contributed by atoms with Crippen molar-refractivity contribution in [1.29, 1.82) is 0 Å². The Morgan fingerprint density at radius 2 is 2.20 bits per heavy atom. The van der Waals surface area contributed by atoms with E-state index >= 15 is 0 Å². The molecule has 0 aliphatic carbocycles. The van der Waals surface area contributed by atoms with Crippen LogP contribution in [0.15, 0.2) is 11.1 Å². The number of likely N-dealkylation sites (N-methyl/N-ethyl adjacent to an activating group) is 1. The average Bonchev–Trinajstić information content (AvgIpc) is 2.78. The monoisotopic (exact) mass is 305 g/mol.